The lowest BCUT2D eigenvalue weighted by molar-refractivity contribution is -0.117. The van der Waals surface area contributed by atoms with E-state index in [0.717, 1.165) is 44.0 Å². The van der Waals surface area contributed by atoms with Crippen molar-refractivity contribution in [1.29, 1.82) is 0 Å². The van der Waals surface area contributed by atoms with Crippen LogP contribution in [0.1, 0.15) is 23.0 Å². The van der Waals surface area contributed by atoms with Gasteiger partial charge in [0.25, 0.3) is 5.91 Å². The summed E-state index contributed by atoms with van der Waals surface area (Å²) < 4.78 is 5.09. The minimum atomic E-state index is -0.300. The van der Waals surface area contributed by atoms with E-state index in [1.165, 1.54) is 6.26 Å². The van der Waals surface area contributed by atoms with Gasteiger partial charge in [0.2, 0.25) is 5.91 Å². The highest BCUT2D eigenvalue weighted by atomic mass is 16.3. The van der Waals surface area contributed by atoms with E-state index < -0.39 is 0 Å². The van der Waals surface area contributed by atoms with Gasteiger partial charge in [0.05, 0.1) is 12.8 Å². The molecule has 0 unspecified atom stereocenters. The Kier molecular flexibility index (Phi) is 6.26. The van der Waals surface area contributed by atoms with Crippen LogP contribution in [0.3, 0.4) is 0 Å². The Hall–Kier alpha value is -2.64. The second-order valence-electron chi connectivity index (χ2n) is 6.72. The number of furan rings is 1. The number of carbonyl (C=O) groups excluding carboxylic acids is 2. The molecule has 144 valence electrons. The van der Waals surface area contributed by atoms with E-state index in [1.54, 1.807) is 24.3 Å². The number of piperazine rings is 1. The summed E-state index contributed by atoms with van der Waals surface area (Å²) in [5.74, 6) is -0.0622. The van der Waals surface area contributed by atoms with E-state index in [9.17, 15) is 9.59 Å². The Morgan fingerprint density at radius 3 is 2.44 bits per heavy atom. The summed E-state index contributed by atoms with van der Waals surface area (Å²) in [5.41, 5.74) is 2.27. The first-order valence-electron chi connectivity index (χ1n) is 9.25. The molecule has 0 spiro atoms. The Labute approximate surface area is 159 Å². The summed E-state index contributed by atoms with van der Waals surface area (Å²) in [4.78, 5) is 28.9. The number of nitrogens with zero attached hydrogens (tertiary/aromatic N) is 2. The fourth-order valence-corrected chi connectivity index (χ4v) is 3.14. The van der Waals surface area contributed by atoms with E-state index in [0.29, 0.717) is 12.2 Å². The van der Waals surface area contributed by atoms with Gasteiger partial charge in [-0.15, -0.1) is 0 Å². The van der Waals surface area contributed by atoms with E-state index in [1.807, 2.05) is 13.0 Å². The Morgan fingerprint density at radius 2 is 1.81 bits per heavy atom. The average molecular weight is 370 g/mol. The van der Waals surface area contributed by atoms with Crippen molar-refractivity contribution >= 4 is 23.2 Å². The van der Waals surface area contributed by atoms with Crippen molar-refractivity contribution in [2.45, 2.75) is 13.8 Å². The van der Waals surface area contributed by atoms with Gasteiger partial charge >= 0.3 is 0 Å². The van der Waals surface area contributed by atoms with Crippen LogP contribution in [0.2, 0.25) is 0 Å². The molecule has 2 heterocycles. The van der Waals surface area contributed by atoms with Crippen LogP contribution in [-0.2, 0) is 4.79 Å². The molecule has 1 aliphatic heterocycles. The fourth-order valence-electron chi connectivity index (χ4n) is 3.14. The normalized spacial score (nSPS) is 15.5. The number of aryl methyl sites for hydroxylation is 1. The number of benzene rings is 1. The molecule has 1 saturated heterocycles. The molecule has 1 aromatic carbocycles. The van der Waals surface area contributed by atoms with Gasteiger partial charge in [-0.1, -0.05) is 6.92 Å². The number of carbonyl (C=O) groups is 2. The predicted octanol–water partition coefficient (Wildman–Crippen LogP) is 2.42. The molecule has 0 saturated carbocycles. The summed E-state index contributed by atoms with van der Waals surface area (Å²) in [6, 6.07) is 8.70. The van der Waals surface area contributed by atoms with Crippen LogP contribution in [0.5, 0.6) is 0 Å². The first-order valence-corrected chi connectivity index (χ1v) is 9.25. The molecule has 2 aromatic rings. The molecule has 1 aromatic heterocycles. The molecule has 27 heavy (non-hydrogen) atoms. The zero-order valence-electron chi connectivity index (χ0n) is 15.8. The summed E-state index contributed by atoms with van der Waals surface area (Å²) in [6.07, 6.45) is 1.46. The van der Waals surface area contributed by atoms with Gasteiger partial charge in [-0.3, -0.25) is 14.5 Å². The van der Waals surface area contributed by atoms with Crippen molar-refractivity contribution in [2.24, 2.45) is 0 Å². The quantitative estimate of drug-likeness (QED) is 0.817. The van der Waals surface area contributed by atoms with Crippen LogP contribution < -0.4 is 10.6 Å². The van der Waals surface area contributed by atoms with E-state index in [-0.39, 0.29) is 17.6 Å². The first kappa shape index (κ1) is 19.1. The van der Waals surface area contributed by atoms with Crippen LogP contribution in [0.4, 0.5) is 11.4 Å². The standard InChI is InChI=1S/C20H26N4O3/c1-3-23-8-10-24(11-9-23)14-19(25)21-16-6-7-17(15(2)13-16)22-20(26)18-5-4-12-27-18/h4-7,12-13H,3,8-11,14H2,1-2H3,(H,21,25)(H,22,26). The lowest BCUT2D eigenvalue weighted by atomic mass is 10.1. The summed E-state index contributed by atoms with van der Waals surface area (Å²) in [7, 11) is 0. The van der Waals surface area contributed by atoms with E-state index in [4.69, 9.17) is 4.42 Å². The second kappa shape index (κ2) is 8.83. The third kappa shape index (κ3) is 5.18. The maximum absolute atomic E-state index is 12.3. The highest BCUT2D eigenvalue weighted by Crippen LogP contribution is 2.20. The molecule has 0 aliphatic carbocycles. The molecule has 3 rings (SSSR count). The third-order valence-electron chi connectivity index (χ3n) is 4.78. The number of hydrogen-bond acceptors (Lipinski definition) is 5. The minimum absolute atomic E-state index is 0.0216. The van der Waals surface area contributed by atoms with Gasteiger partial charge in [-0.25, -0.2) is 0 Å². The smallest absolute Gasteiger partial charge is 0.291 e. The zero-order chi connectivity index (χ0) is 19.2. The first-order chi connectivity index (χ1) is 13.0. The minimum Gasteiger partial charge on any atom is -0.459 e. The Balaban J connectivity index is 1.52. The molecule has 0 atom stereocenters. The van der Waals surface area contributed by atoms with E-state index in [2.05, 4.69) is 27.4 Å². The lowest BCUT2D eigenvalue weighted by Gasteiger charge is -2.33. The highest BCUT2D eigenvalue weighted by Gasteiger charge is 2.18. The summed E-state index contributed by atoms with van der Waals surface area (Å²) in [5, 5.41) is 5.75. The maximum Gasteiger partial charge on any atom is 0.291 e. The van der Waals surface area contributed by atoms with Crippen LogP contribution in [-0.4, -0.2) is 60.9 Å². The second-order valence-corrected chi connectivity index (χ2v) is 6.72. The summed E-state index contributed by atoms with van der Waals surface area (Å²) in [6.45, 7) is 9.34. The molecule has 7 nitrogen and oxygen atoms in total. The SMILES string of the molecule is CCN1CCN(CC(=O)Nc2ccc(NC(=O)c3ccco3)c(C)c2)CC1. The van der Waals surface area contributed by atoms with Crippen molar-refractivity contribution < 1.29 is 14.0 Å². The average Bonchev–Trinajstić information content (AvgIpc) is 3.19. The zero-order valence-corrected chi connectivity index (χ0v) is 15.8. The monoisotopic (exact) mass is 370 g/mol. The van der Waals surface area contributed by atoms with Gasteiger partial charge < -0.3 is 20.0 Å². The number of anilines is 2. The van der Waals surface area contributed by atoms with Gasteiger partial charge in [0, 0.05) is 37.6 Å². The predicted molar refractivity (Wildman–Crippen MR) is 105 cm³/mol. The number of likely N-dealkylation sites (N-methyl/N-ethyl adjacent to an activating group) is 1. The number of amides is 2. The van der Waals surface area contributed by atoms with Crippen LogP contribution >= 0.6 is 0 Å². The number of hydrogen-bond donors (Lipinski definition) is 2. The van der Waals surface area contributed by atoms with Gasteiger partial charge in [0.1, 0.15) is 0 Å². The van der Waals surface area contributed by atoms with E-state index >= 15 is 0 Å². The molecule has 2 N–H and O–H groups in total. The topological polar surface area (TPSA) is 77.8 Å². The molecule has 1 aliphatic rings. The third-order valence-corrected chi connectivity index (χ3v) is 4.78. The number of rotatable bonds is 6. The van der Waals surface area contributed by atoms with Crippen molar-refractivity contribution in [3.63, 3.8) is 0 Å². The highest BCUT2D eigenvalue weighted by molar-refractivity contribution is 6.03. The van der Waals surface area contributed by atoms with Crippen LogP contribution in [0.15, 0.2) is 41.0 Å². The van der Waals surface area contributed by atoms with Gasteiger partial charge in [-0.2, -0.15) is 0 Å². The van der Waals surface area contributed by atoms with Crippen molar-refractivity contribution in [1.82, 2.24) is 9.80 Å². The molecule has 7 heteroatoms. The molecule has 0 bridgehead atoms. The van der Waals surface area contributed by atoms with Crippen molar-refractivity contribution in [3.05, 3.63) is 47.9 Å². The molecule has 0 radical (unpaired) electrons. The fraction of sp³-hybridized carbons (Fsp3) is 0.400. The van der Waals surface area contributed by atoms with Crippen molar-refractivity contribution in [2.75, 3.05) is 49.9 Å². The van der Waals surface area contributed by atoms with Crippen LogP contribution in [0, 0.1) is 6.92 Å². The van der Waals surface area contributed by atoms with Gasteiger partial charge in [0.15, 0.2) is 5.76 Å². The lowest BCUT2D eigenvalue weighted by Crippen LogP contribution is -2.48. The molecule has 2 amide bonds. The number of nitrogens with one attached hydrogen (secondary N) is 2. The largest absolute Gasteiger partial charge is 0.459 e. The van der Waals surface area contributed by atoms with Crippen LogP contribution in [0.25, 0.3) is 0 Å². The summed E-state index contributed by atoms with van der Waals surface area (Å²) >= 11 is 0. The molecular formula is C20H26N4O3. The molecular weight excluding hydrogens is 344 g/mol. The Bertz CT molecular complexity index is 781. The van der Waals surface area contributed by atoms with Crippen molar-refractivity contribution in [3.8, 4) is 0 Å². The maximum atomic E-state index is 12.3. The molecule has 1 fully saturated rings. The Morgan fingerprint density at radius 1 is 1.07 bits per heavy atom. The van der Waals surface area contributed by atoms with Gasteiger partial charge in [-0.05, 0) is 49.4 Å².